The quantitative estimate of drug-likeness (QED) is 0.595. The Hall–Kier alpha value is -1.56. The van der Waals surface area contributed by atoms with Gasteiger partial charge < -0.3 is 16.2 Å². The third-order valence-corrected chi connectivity index (χ3v) is 2.97. The van der Waals surface area contributed by atoms with Crippen LogP contribution in [0.5, 0.6) is 0 Å². The summed E-state index contributed by atoms with van der Waals surface area (Å²) < 4.78 is 0. The van der Waals surface area contributed by atoms with Gasteiger partial charge in [0.25, 0.3) is 5.91 Å². The van der Waals surface area contributed by atoms with Gasteiger partial charge in [0.2, 0.25) is 0 Å². The van der Waals surface area contributed by atoms with Crippen molar-refractivity contribution in [1.29, 1.82) is 0 Å². The van der Waals surface area contributed by atoms with Gasteiger partial charge in [-0.15, -0.1) is 0 Å². The third kappa shape index (κ3) is 2.58. The van der Waals surface area contributed by atoms with E-state index in [9.17, 15) is 4.79 Å². The van der Waals surface area contributed by atoms with Crippen molar-refractivity contribution in [1.82, 2.24) is 15.5 Å². The topological polar surface area (TPSA) is 104 Å². The number of anilines is 1. The lowest BCUT2D eigenvalue weighted by Crippen LogP contribution is -2.33. The first-order chi connectivity index (χ1) is 8.13. The molecule has 1 saturated carbocycles. The lowest BCUT2D eigenvalue weighted by molar-refractivity contribution is 0.0930. The van der Waals surface area contributed by atoms with Gasteiger partial charge >= 0.3 is 0 Å². The number of nitrogens with one attached hydrogen (secondary N) is 2. The first kappa shape index (κ1) is 11.9. The van der Waals surface area contributed by atoms with Crippen LogP contribution in [-0.4, -0.2) is 33.9 Å². The minimum absolute atomic E-state index is 0.0464. The molecule has 2 rings (SSSR count). The monoisotopic (exact) mass is 238 g/mol. The molecule has 0 saturated heterocycles. The summed E-state index contributed by atoms with van der Waals surface area (Å²) in [4.78, 5) is 11.9. The summed E-state index contributed by atoms with van der Waals surface area (Å²) >= 11 is 0. The van der Waals surface area contributed by atoms with Gasteiger partial charge in [-0.1, -0.05) is 0 Å². The summed E-state index contributed by atoms with van der Waals surface area (Å²) in [7, 11) is 0. The second-order valence-corrected chi connectivity index (χ2v) is 4.56. The molecule has 94 valence electrons. The second-order valence-electron chi connectivity index (χ2n) is 4.56. The van der Waals surface area contributed by atoms with E-state index in [2.05, 4.69) is 15.5 Å². The zero-order chi connectivity index (χ0) is 12.4. The van der Waals surface area contributed by atoms with Crippen molar-refractivity contribution < 1.29 is 9.90 Å². The number of rotatable bonds is 5. The maximum Gasteiger partial charge on any atom is 0.274 e. The molecule has 0 spiro atoms. The summed E-state index contributed by atoms with van der Waals surface area (Å²) in [5.74, 6) is 0.158. The van der Waals surface area contributed by atoms with E-state index in [4.69, 9.17) is 10.8 Å². The molecule has 0 bridgehead atoms. The Balaban J connectivity index is 2.03. The van der Waals surface area contributed by atoms with Crippen LogP contribution in [0.15, 0.2) is 0 Å². The predicted octanol–water partition coefficient (Wildman–Crippen LogP) is 0.370. The van der Waals surface area contributed by atoms with Gasteiger partial charge in [-0.25, -0.2) is 0 Å². The number of aromatic amines is 1. The molecule has 1 aromatic rings. The standard InChI is InChI=1S/C11H18N4O2/c1-6(4-5-16)13-11(17)10-8(12)9(14-15-10)7-2-3-7/h6-7,16H,2-5,12H2,1H3,(H,13,17)(H,14,15). The SMILES string of the molecule is CC(CCO)NC(=O)c1n[nH]c(C2CC2)c1N. The Morgan fingerprint density at radius 2 is 2.41 bits per heavy atom. The fourth-order valence-electron chi connectivity index (χ4n) is 1.78. The first-order valence-corrected chi connectivity index (χ1v) is 5.89. The summed E-state index contributed by atoms with van der Waals surface area (Å²) in [6.07, 6.45) is 2.73. The molecule has 6 heteroatoms. The molecule has 1 atom stereocenters. The maximum atomic E-state index is 11.9. The van der Waals surface area contributed by atoms with Crippen molar-refractivity contribution in [2.24, 2.45) is 0 Å². The van der Waals surface area contributed by atoms with Crippen molar-refractivity contribution in [3.8, 4) is 0 Å². The number of H-pyrrole nitrogens is 1. The zero-order valence-electron chi connectivity index (χ0n) is 9.86. The average Bonchev–Trinajstić information content (AvgIpc) is 3.02. The Morgan fingerprint density at radius 1 is 1.71 bits per heavy atom. The van der Waals surface area contributed by atoms with Crippen molar-refractivity contribution >= 4 is 11.6 Å². The fraction of sp³-hybridized carbons (Fsp3) is 0.636. The molecule has 5 N–H and O–H groups in total. The van der Waals surface area contributed by atoms with Crippen LogP contribution in [0.2, 0.25) is 0 Å². The Labute approximate surface area is 99.6 Å². The number of aromatic nitrogens is 2. The molecule has 1 aliphatic rings. The highest BCUT2D eigenvalue weighted by Crippen LogP contribution is 2.42. The van der Waals surface area contributed by atoms with Gasteiger partial charge in [0.15, 0.2) is 5.69 Å². The van der Waals surface area contributed by atoms with Gasteiger partial charge in [-0.3, -0.25) is 9.89 Å². The number of hydrogen-bond acceptors (Lipinski definition) is 4. The minimum atomic E-state index is -0.286. The van der Waals surface area contributed by atoms with E-state index >= 15 is 0 Å². The highest BCUT2D eigenvalue weighted by molar-refractivity contribution is 5.97. The van der Waals surface area contributed by atoms with Crippen molar-refractivity contribution in [3.63, 3.8) is 0 Å². The van der Waals surface area contributed by atoms with E-state index in [-0.39, 0.29) is 24.2 Å². The van der Waals surface area contributed by atoms with E-state index in [1.54, 1.807) is 0 Å². The number of hydrogen-bond donors (Lipinski definition) is 4. The number of aliphatic hydroxyl groups excluding tert-OH is 1. The maximum absolute atomic E-state index is 11.9. The van der Waals surface area contributed by atoms with E-state index in [1.165, 1.54) is 0 Å². The zero-order valence-corrected chi connectivity index (χ0v) is 9.86. The van der Waals surface area contributed by atoms with Crippen LogP contribution in [0.3, 0.4) is 0 Å². The molecular formula is C11H18N4O2. The normalized spacial score (nSPS) is 16.8. The summed E-state index contributed by atoms with van der Waals surface area (Å²) in [6, 6.07) is -0.0898. The van der Waals surface area contributed by atoms with Crippen molar-refractivity contribution in [3.05, 3.63) is 11.4 Å². The van der Waals surface area contributed by atoms with Crippen molar-refractivity contribution in [2.45, 2.75) is 38.1 Å². The van der Waals surface area contributed by atoms with Crippen LogP contribution in [0.25, 0.3) is 0 Å². The number of nitrogens with two attached hydrogens (primary N) is 1. The number of carbonyl (C=O) groups is 1. The van der Waals surface area contributed by atoms with E-state index in [0.717, 1.165) is 18.5 Å². The molecule has 1 amide bonds. The molecular weight excluding hydrogens is 220 g/mol. The van der Waals surface area contributed by atoms with Gasteiger partial charge in [0.05, 0.1) is 11.4 Å². The Kier molecular flexibility index (Phi) is 3.33. The van der Waals surface area contributed by atoms with E-state index < -0.39 is 0 Å². The van der Waals surface area contributed by atoms with E-state index in [1.807, 2.05) is 6.92 Å². The molecule has 0 radical (unpaired) electrons. The van der Waals surface area contributed by atoms with E-state index in [0.29, 0.717) is 18.0 Å². The molecule has 1 fully saturated rings. The largest absolute Gasteiger partial charge is 0.396 e. The average molecular weight is 238 g/mol. The Bertz CT molecular complexity index is 412. The minimum Gasteiger partial charge on any atom is -0.396 e. The number of nitrogen functional groups attached to an aromatic ring is 1. The summed E-state index contributed by atoms with van der Waals surface area (Å²) in [6.45, 7) is 1.88. The highest BCUT2D eigenvalue weighted by Gasteiger charge is 2.30. The molecule has 1 aliphatic carbocycles. The molecule has 6 nitrogen and oxygen atoms in total. The molecule has 0 aromatic carbocycles. The van der Waals surface area contributed by atoms with Crippen LogP contribution in [-0.2, 0) is 0 Å². The summed E-state index contributed by atoms with van der Waals surface area (Å²) in [5.41, 5.74) is 7.49. The number of aliphatic hydroxyl groups is 1. The van der Waals surface area contributed by atoms with Gasteiger partial charge in [-0.05, 0) is 26.2 Å². The molecule has 1 heterocycles. The molecule has 0 aliphatic heterocycles. The second kappa shape index (κ2) is 4.75. The van der Waals surface area contributed by atoms with Gasteiger partial charge in [0, 0.05) is 18.6 Å². The van der Waals surface area contributed by atoms with Crippen molar-refractivity contribution in [2.75, 3.05) is 12.3 Å². The van der Waals surface area contributed by atoms with Gasteiger partial charge in [-0.2, -0.15) is 5.10 Å². The number of carbonyl (C=O) groups excluding carboxylic acids is 1. The third-order valence-electron chi connectivity index (χ3n) is 2.97. The highest BCUT2D eigenvalue weighted by atomic mass is 16.3. The molecule has 17 heavy (non-hydrogen) atoms. The van der Waals surface area contributed by atoms with Crippen LogP contribution < -0.4 is 11.1 Å². The number of nitrogens with zero attached hydrogens (tertiary/aromatic N) is 1. The van der Waals surface area contributed by atoms with Crippen LogP contribution >= 0.6 is 0 Å². The van der Waals surface area contributed by atoms with Crippen LogP contribution in [0.1, 0.15) is 48.3 Å². The fourth-order valence-corrected chi connectivity index (χ4v) is 1.78. The summed E-state index contributed by atoms with van der Waals surface area (Å²) in [5, 5.41) is 18.3. The molecule has 1 aromatic heterocycles. The van der Waals surface area contributed by atoms with Crippen LogP contribution in [0.4, 0.5) is 5.69 Å². The first-order valence-electron chi connectivity index (χ1n) is 5.89. The predicted molar refractivity (Wildman–Crippen MR) is 63.6 cm³/mol. The number of amides is 1. The smallest absolute Gasteiger partial charge is 0.274 e. The molecule has 1 unspecified atom stereocenters. The lowest BCUT2D eigenvalue weighted by Gasteiger charge is -2.11. The Morgan fingerprint density at radius 3 is 3.00 bits per heavy atom. The van der Waals surface area contributed by atoms with Gasteiger partial charge in [0.1, 0.15) is 0 Å². The lowest BCUT2D eigenvalue weighted by atomic mass is 10.2. The van der Waals surface area contributed by atoms with Crippen LogP contribution in [0, 0.1) is 0 Å².